The maximum atomic E-state index is 12.8. The third-order valence-electron chi connectivity index (χ3n) is 12.4. The van der Waals surface area contributed by atoms with Gasteiger partial charge >= 0.3 is 11.9 Å². The van der Waals surface area contributed by atoms with Crippen molar-refractivity contribution in [2.45, 2.75) is 225 Å². The quantitative estimate of drug-likeness (QED) is 0.0195. The summed E-state index contributed by atoms with van der Waals surface area (Å²) in [5.41, 5.74) is 0. The Hall–Kier alpha value is -4.11. The zero-order valence-corrected chi connectivity index (χ0v) is 50.9. The second-order valence-electron chi connectivity index (χ2n) is 20.9. The molecule has 78 heavy (non-hydrogen) atoms. The van der Waals surface area contributed by atoms with E-state index in [1.165, 1.54) is 38.5 Å². The number of unbranched alkanes of at least 4 members (excludes halogenated alkanes) is 16. The summed E-state index contributed by atoms with van der Waals surface area (Å²) >= 11 is 0. The molecule has 2 unspecified atom stereocenters. The van der Waals surface area contributed by atoms with E-state index >= 15 is 0 Å². The summed E-state index contributed by atoms with van der Waals surface area (Å²) in [6, 6.07) is 0. The lowest BCUT2D eigenvalue weighted by Gasteiger charge is -2.28. The lowest BCUT2D eigenvalue weighted by atomic mass is 10.1. The fraction of sp³-hybridized carbons (Fsp3) is 0.618. The van der Waals surface area contributed by atoms with E-state index in [0.29, 0.717) is 23.9 Å². The Kier molecular flexibility index (Phi) is 54.5. The SMILES string of the molecule is CC/C=C\C/C=C\C/C=C\C/C=C\C/C=C\C/C=C\C/C=C\C/C=C\CCCCCCCCC(=O)OC(COC(=O)CCCCCCCCCCCC/C=C\C/C=C\C/C=C\C/C=C\CC)COP(=O)([O-])OCC[N+](C)(C)C. The van der Waals surface area contributed by atoms with Gasteiger partial charge in [0, 0.05) is 12.8 Å². The van der Waals surface area contributed by atoms with Crippen molar-refractivity contribution in [2.24, 2.45) is 0 Å². The van der Waals surface area contributed by atoms with E-state index in [2.05, 4.69) is 160 Å². The van der Waals surface area contributed by atoms with Gasteiger partial charge in [0.25, 0.3) is 7.82 Å². The number of likely N-dealkylation sites (N-methyl/N-ethyl adjacent to an activating group) is 1. The minimum absolute atomic E-state index is 0.0430. The van der Waals surface area contributed by atoms with Gasteiger partial charge in [0.2, 0.25) is 0 Å². The Morgan fingerprint density at radius 2 is 0.692 bits per heavy atom. The van der Waals surface area contributed by atoms with Crippen LogP contribution in [0.2, 0.25) is 0 Å². The molecule has 442 valence electrons. The lowest BCUT2D eigenvalue weighted by molar-refractivity contribution is -0.870. The molecule has 0 aliphatic rings. The number of hydrogen-bond acceptors (Lipinski definition) is 8. The standard InChI is InChI=1S/C68H112NO8P/c1-6-8-10-12-14-16-18-20-22-24-26-28-30-31-32-33-34-35-36-37-39-41-43-45-47-49-51-53-55-57-59-61-68(71)77-66(65-76-78(72,73)75-63-62-69(3,4)5)64-74-67(70)60-58-56-54-52-50-48-46-44-42-40-38-29-27-25-23-21-19-17-15-13-11-9-7-2/h8-11,14-17,20-23,26-29,31-32,34-35,37,39,43,45,66H,6-7,12-13,18-19,24-25,30,33,36,38,40-42,44,46-65H2,1-5H3/b10-8-,11-9-,16-14-,17-15-,22-20-,23-21-,28-26-,29-27-,32-31-,35-34-,39-37-,45-43-. The number of carbonyl (C=O) groups is 2. The number of allylic oxidation sites excluding steroid dienone is 24. The van der Waals surface area contributed by atoms with Gasteiger partial charge in [-0.3, -0.25) is 14.2 Å². The van der Waals surface area contributed by atoms with Crippen LogP contribution in [0, 0.1) is 0 Å². The zero-order chi connectivity index (χ0) is 57.0. The summed E-state index contributed by atoms with van der Waals surface area (Å²) in [7, 11) is 1.13. The number of rotatable bonds is 54. The van der Waals surface area contributed by atoms with Gasteiger partial charge in [-0.05, 0) is 116 Å². The molecule has 0 radical (unpaired) electrons. The van der Waals surface area contributed by atoms with Gasteiger partial charge in [-0.15, -0.1) is 0 Å². The van der Waals surface area contributed by atoms with Crippen LogP contribution in [0.3, 0.4) is 0 Å². The average molecular weight is 1100 g/mol. The molecule has 10 heteroatoms. The van der Waals surface area contributed by atoms with Crippen LogP contribution in [0.25, 0.3) is 0 Å². The first kappa shape index (κ1) is 73.9. The smallest absolute Gasteiger partial charge is 0.306 e. The number of nitrogens with zero attached hydrogens (tertiary/aromatic N) is 1. The molecule has 0 rings (SSSR count). The molecule has 0 saturated carbocycles. The molecular formula is C68H112NO8P. The van der Waals surface area contributed by atoms with Gasteiger partial charge in [0.1, 0.15) is 19.8 Å². The van der Waals surface area contributed by atoms with Crippen molar-refractivity contribution in [1.82, 2.24) is 0 Å². The van der Waals surface area contributed by atoms with E-state index in [1.54, 1.807) is 0 Å². The Labute approximate surface area is 478 Å². The second-order valence-corrected chi connectivity index (χ2v) is 22.4. The van der Waals surface area contributed by atoms with Crippen LogP contribution in [0.5, 0.6) is 0 Å². The Balaban J connectivity index is 4.24. The summed E-state index contributed by atoms with van der Waals surface area (Å²) in [5.74, 6) is -0.865. The van der Waals surface area contributed by atoms with E-state index in [-0.39, 0.29) is 26.1 Å². The molecule has 0 spiro atoms. The Morgan fingerprint density at radius 1 is 0.397 bits per heavy atom. The maximum absolute atomic E-state index is 12.8. The third-order valence-corrected chi connectivity index (χ3v) is 13.3. The highest BCUT2D eigenvalue weighted by atomic mass is 31.2. The van der Waals surface area contributed by atoms with E-state index in [1.807, 2.05) is 21.1 Å². The number of hydrogen-bond donors (Lipinski definition) is 0. The number of quaternary nitrogens is 1. The van der Waals surface area contributed by atoms with Gasteiger partial charge < -0.3 is 27.9 Å². The number of carbonyl (C=O) groups excluding carboxylic acids is 2. The topological polar surface area (TPSA) is 111 Å². The predicted octanol–water partition coefficient (Wildman–Crippen LogP) is 18.8. The average Bonchev–Trinajstić information content (AvgIpc) is 3.40. The van der Waals surface area contributed by atoms with Crippen molar-refractivity contribution in [1.29, 1.82) is 0 Å². The highest BCUT2D eigenvalue weighted by Gasteiger charge is 2.22. The molecule has 0 aromatic carbocycles. The molecule has 2 atom stereocenters. The predicted molar refractivity (Wildman–Crippen MR) is 332 cm³/mol. The van der Waals surface area contributed by atoms with Crippen LogP contribution in [-0.4, -0.2) is 70.0 Å². The Morgan fingerprint density at radius 3 is 1.03 bits per heavy atom. The summed E-state index contributed by atoms with van der Waals surface area (Å²) in [6.07, 6.45) is 84.6. The molecule has 9 nitrogen and oxygen atoms in total. The van der Waals surface area contributed by atoms with Crippen LogP contribution in [0.4, 0.5) is 0 Å². The molecule has 0 amide bonds. The largest absolute Gasteiger partial charge is 0.756 e. The first-order chi connectivity index (χ1) is 38.0. The van der Waals surface area contributed by atoms with Gasteiger partial charge in [-0.1, -0.05) is 237 Å². The first-order valence-electron chi connectivity index (χ1n) is 30.5. The molecule has 0 bridgehead atoms. The number of phosphoric ester groups is 1. The molecule has 0 aromatic rings. The second kappa shape index (κ2) is 57.6. The molecule has 0 saturated heterocycles. The van der Waals surface area contributed by atoms with E-state index < -0.39 is 32.5 Å². The van der Waals surface area contributed by atoms with Crippen molar-refractivity contribution in [3.8, 4) is 0 Å². The number of ether oxygens (including phenoxy) is 2. The van der Waals surface area contributed by atoms with Crippen LogP contribution in [-0.2, 0) is 32.7 Å². The van der Waals surface area contributed by atoms with Crippen LogP contribution < -0.4 is 4.89 Å². The fourth-order valence-corrected chi connectivity index (χ4v) is 8.45. The monoisotopic (exact) mass is 1100 g/mol. The minimum atomic E-state index is -4.65. The van der Waals surface area contributed by atoms with Crippen LogP contribution >= 0.6 is 7.82 Å². The molecule has 0 N–H and O–H groups in total. The van der Waals surface area contributed by atoms with Gasteiger partial charge in [0.15, 0.2) is 6.10 Å². The summed E-state index contributed by atoms with van der Waals surface area (Å²) in [6.45, 7) is 3.97. The van der Waals surface area contributed by atoms with Gasteiger partial charge in [0.05, 0.1) is 27.7 Å². The van der Waals surface area contributed by atoms with E-state index in [9.17, 15) is 19.0 Å². The van der Waals surface area contributed by atoms with Crippen LogP contribution in [0.1, 0.15) is 219 Å². The lowest BCUT2D eigenvalue weighted by Crippen LogP contribution is -2.37. The molecule has 0 aliphatic heterocycles. The number of esters is 2. The van der Waals surface area contributed by atoms with Crippen molar-refractivity contribution >= 4 is 19.8 Å². The van der Waals surface area contributed by atoms with Crippen LogP contribution in [0.15, 0.2) is 146 Å². The maximum Gasteiger partial charge on any atom is 0.306 e. The van der Waals surface area contributed by atoms with E-state index in [0.717, 1.165) is 141 Å². The van der Waals surface area contributed by atoms with Gasteiger partial charge in [-0.25, -0.2) is 0 Å². The molecule has 0 aliphatic carbocycles. The summed E-state index contributed by atoms with van der Waals surface area (Å²) in [4.78, 5) is 37.9. The molecular weight excluding hydrogens is 990 g/mol. The summed E-state index contributed by atoms with van der Waals surface area (Å²) in [5, 5.41) is 0. The number of phosphoric acid groups is 1. The highest BCUT2D eigenvalue weighted by molar-refractivity contribution is 7.45. The van der Waals surface area contributed by atoms with Gasteiger partial charge in [-0.2, -0.15) is 0 Å². The first-order valence-corrected chi connectivity index (χ1v) is 32.0. The minimum Gasteiger partial charge on any atom is -0.756 e. The summed E-state index contributed by atoms with van der Waals surface area (Å²) < 4.78 is 34.2. The fourth-order valence-electron chi connectivity index (χ4n) is 7.72. The van der Waals surface area contributed by atoms with Crippen molar-refractivity contribution in [3.05, 3.63) is 146 Å². The highest BCUT2D eigenvalue weighted by Crippen LogP contribution is 2.38. The Bertz CT molecular complexity index is 1820. The molecule has 0 aromatic heterocycles. The zero-order valence-electron chi connectivity index (χ0n) is 50.1. The van der Waals surface area contributed by atoms with Crippen molar-refractivity contribution < 1.29 is 42.1 Å². The molecule has 0 fully saturated rings. The van der Waals surface area contributed by atoms with E-state index in [4.69, 9.17) is 18.5 Å². The van der Waals surface area contributed by atoms with Crippen molar-refractivity contribution in [3.63, 3.8) is 0 Å². The molecule has 0 heterocycles. The van der Waals surface area contributed by atoms with Crippen molar-refractivity contribution in [2.75, 3.05) is 47.5 Å². The third kappa shape index (κ3) is 61.1. The normalized spacial score (nSPS) is 14.3.